The summed E-state index contributed by atoms with van der Waals surface area (Å²) in [7, 11) is -3.66. The molecule has 0 aliphatic carbocycles. The summed E-state index contributed by atoms with van der Waals surface area (Å²) in [6.45, 7) is 7.49. The summed E-state index contributed by atoms with van der Waals surface area (Å²) in [5.41, 5.74) is 3.68. The Kier molecular flexibility index (Phi) is 6.54. The number of benzene rings is 2. The lowest BCUT2D eigenvalue weighted by atomic mass is 10.0. The monoisotopic (exact) mass is 408 g/mol. The summed E-state index contributed by atoms with van der Waals surface area (Å²) < 4.78 is 25.7. The van der Waals surface area contributed by atoms with Crippen molar-refractivity contribution >= 4 is 33.2 Å². The van der Waals surface area contributed by atoms with E-state index in [0.29, 0.717) is 10.7 Å². The average molecular weight is 409 g/mol. The second-order valence-electron chi connectivity index (χ2n) is 6.79. The molecule has 0 fully saturated rings. The minimum atomic E-state index is -3.66. The molecule has 0 heterocycles. The lowest BCUT2D eigenvalue weighted by Crippen LogP contribution is -2.48. The maximum atomic E-state index is 12.8. The van der Waals surface area contributed by atoms with Gasteiger partial charge in [-0.2, -0.15) is 0 Å². The molecule has 0 saturated heterocycles. The standard InChI is InChI=1S/C20H25ClN2O3S/c1-13-6-7-17(12-14(13)2)15(3)22-20(24)16(4)23(27(5,25)26)19-10-8-18(21)9-11-19/h6-12,15-16H,1-5H3,(H,22,24)/t15-,16+/m0/s1. The Morgan fingerprint density at radius 3 is 2.15 bits per heavy atom. The van der Waals surface area contributed by atoms with E-state index in [1.807, 2.05) is 39.0 Å². The van der Waals surface area contributed by atoms with Gasteiger partial charge in [-0.05, 0) is 68.7 Å². The number of carbonyl (C=O) groups is 1. The number of aryl methyl sites for hydroxylation is 2. The molecular weight excluding hydrogens is 384 g/mol. The largest absolute Gasteiger partial charge is 0.348 e. The van der Waals surface area contributed by atoms with E-state index in [9.17, 15) is 13.2 Å². The molecule has 1 amide bonds. The molecule has 0 bridgehead atoms. The number of halogens is 1. The van der Waals surface area contributed by atoms with Crippen molar-refractivity contribution in [2.75, 3.05) is 10.6 Å². The van der Waals surface area contributed by atoms with Crippen molar-refractivity contribution in [3.05, 3.63) is 64.2 Å². The van der Waals surface area contributed by atoms with Gasteiger partial charge in [0.05, 0.1) is 18.0 Å². The van der Waals surface area contributed by atoms with Gasteiger partial charge in [0, 0.05) is 5.02 Å². The first-order valence-electron chi connectivity index (χ1n) is 8.63. The number of amides is 1. The van der Waals surface area contributed by atoms with E-state index in [0.717, 1.165) is 21.7 Å². The van der Waals surface area contributed by atoms with E-state index >= 15 is 0 Å². The minimum absolute atomic E-state index is 0.245. The molecule has 5 nitrogen and oxygen atoms in total. The lowest BCUT2D eigenvalue weighted by molar-refractivity contribution is -0.122. The van der Waals surface area contributed by atoms with Crippen molar-refractivity contribution in [2.24, 2.45) is 0 Å². The Bertz CT molecular complexity index is 927. The third-order valence-corrected chi connectivity index (χ3v) is 6.05. The van der Waals surface area contributed by atoms with Crippen LogP contribution in [0, 0.1) is 13.8 Å². The lowest BCUT2D eigenvalue weighted by Gasteiger charge is -2.29. The molecule has 0 saturated carbocycles. The Morgan fingerprint density at radius 1 is 1.04 bits per heavy atom. The molecule has 2 atom stereocenters. The highest BCUT2D eigenvalue weighted by Gasteiger charge is 2.29. The second-order valence-corrected chi connectivity index (χ2v) is 9.08. The summed E-state index contributed by atoms with van der Waals surface area (Å²) in [4.78, 5) is 12.8. The maximum Gasteiger partial charge on any atom is 0.244 e. The molecule has 27 heavy (non-hydrogen) atoms. The summed E-state index contributed by atoms with van der Waals surface area (Å²) >= 11 is 5.89. The molecule has 0 aliphatic rings. The van der Waals surface area contributed by atoms with Gasteiger partial charge in [-0.15, -0.1) is 0 Å². The average Bonchev–Trinajstić information content (AvgIpc) is 2.57. The third-order valence-electron chi connectivity index (χ3n) is 4.56. The van der Waals surface area contributed by atoms with Gasteiger partial charge in [0.1, 0.15) is 6.04 Å². The molecule has 146 valence electrons. The zero-order chi connectivity index (χ0) is 20.4. The number of nitrogens with one attached hydrogen (secondary N) is 1. The van der Waals surface area contributed by atoms with Gasteiger partial charge < -0.3 is 5.32 Å². The highest BCUT2D eigenvalue weighted by molar-refractivity contribution is 7.92. The minimum Gasteiger partial charge on any atom is -0.348 e. The summed E-state index contributed by atoms with van der Waals surface area (Å²) in [6, 6.07) is 11.2. The first-order chi connectivity index (χ1) is 12.5. The Labute approximate surface area is 166 Å². The van der Waals surface area contributed by atoms with E-state index in [2.05, 4.69) is 5.32 Å². The molecule has 2 aromatic rings. The summed E-state index contributed by atoms with van der Waals surface area (Å²) in [5.74, 6) is -0.374. The Hall–Kier alpha value is -2.05. The van der Waals surface area contributed by atoms with Crippen LogP contribution < -0.4 is 9.62 Å². The second kappa shape index (κ2) is 8.31. The van der Waals surface area contributed by atoms with Crippen molar-refractivity contribution in [3.63, 3.8) is 0 Å². The fourth-order valence-corrected chi connectivity index (χ4v) is 4.15. The van der Waals surface area contributed by atoms with Crippen molar-refractivity contribution < 1.29 is 13.2 Å². The van der Waals surface area contributed by atoms with Crippen molar-refractivity contribution in [1.29, 1.82) is 0 Å². The molecule has 0 radical (unpaired) electrons. The highest BCUT2D eigenvalue weighted by Crippen LogP contribution is 2.24. The SMILES string of the molecule is Cc1ccc([C@H](C)NC(=O)[C@@H](C)N(c2ccc(Cl)cc2)S(C)(=O)=O)cc1C. The number of rotatable bonds is 6. The fraction of sp³-hybridized carbons (Fsp3) is 0.350. The van der Waals surface area contributed by atoms with Gasteiger partial charge in [0.15, 0.2) is 0 Å². The van der Waals surface area contributed by atoms with Crippen LogP contribution in [0.2, 0.25) is 5.02 Å². The Morgan fingerprint density at radius 2 is 1.63 bits per heavy atom. The van der Waals surface area contributed by atoms with E-state index in [1.165, 1.54) is 5.56 Å². The third kappa shape index (κ3) is 5.23. The van der Waals surface area contributed by atoms with Crippen LogP contribution in [0.15, 0.2) is 42.5 Å². The van der Waals surface area contributed by atoms with Crippen LogP contribution in [0.1, 0.15) is 36.6 Å². The predicted octanol–water partition coefficient (Wildman–Crippen LogP) is 3.99. The predicted molar refractivity (Wildman–Crippen MR) is 111 cm³/mol. The number of hydrogen-bond acceptors (Lipinski definition) is 3. The van der Waals surface area contributed by atoms with Gasteiger partial charge in [0.2, 0.25) is 15.9 Å². The normalized spacial score (nSPS) is 13.7. The fourth-order valence-electron chi connectivity index (χ4n) is 2.85. The van der Waals surface area contributed by atoms with E-state index in [-0.39, 0.29) is 11.9 Å². The van der Waals surface area contributed by atoms with Gasteiger partial charge in [0.25, 0.3) is 0 Å². The van der Waals surface area contributed by atoms with Crippen molar-refractivity contribution in [3.8, 4) is 0 Å². The highest BCUT2D eigenvalue weighted by atomic mass is 35.5. The van der Waals surface area contributed by atoms with Crippen LogP contribution in [0.4, 0.5) is 5.69 Å². The van der Waals surface area contributed by atoms with Crippen LogP contribution in [-0.2, 0) is 14.8 Å². The number of nitrogens with zero attached hydrogens (tertiary/aromatic N) is 1. The van der Waals surface area contributed by atoms with Gasteiger partial charge in [-0.1, -0.05) is 29.8 Å². The molecule has 2 aromatic carbocycles. The van der Waals surface area contributed by atoms with Crippen LogP contribution >= 0.6 is 11.6 Å². The van der Waals surface area contributed by atoms with Crippen LogP contribution in [0.5, 0.6) is 0 Å². The molecule has 0 spiro atoms. The Balaban J connectivity index is 2.24. The van der Waals surface area contributed by atoms with Crippen molar-refractivity contribution in [1.82, 2.24) is 5.32 Å². The van der Waals surface area contributed by atoms with Gasteiger partial charge in [-0.25, -0.2) is 8.42 Å². The smallest absolute Gasteiger partial charge is 0.244 e. The quantitative estimate of drug-likeness (QED) is 0.785. The summed E-state index contributed by atoms with van der Waals surface area (Å²) in [6.07, 6.45) is 1.08. The van der Waals surface area contributed by atoms with E-state index in [1.54, 1.807) is 31.2 Å². The molecule has 1 N–H and O–H groups in total. The number of sulfonamides is 1. The first kappa shape index (κ1) is 21.3. The molecule has 0 unspecified atom stereocenters. The van der Waals surface area contributed by atoms with Crippen LogP contribution in [0.3, 0.4) is 0 Å². The van der Waals surface area contributed by atoms with Crippen molar-refractivity contribution in [2.45, 2.75) is 39.8 Å². The number of carbonyl (C=O) groups excluding carboxylic acids is 1. The van der Waals surface area contributed by atoms with Crippen LogP contribution in [0.25, 0.3) is 0 Å². The number of hydrogen-bond donors (Lipinski definition) is 1. The molecule has 2 rings (SSSR count). The first-order valence-corrected chi connectivity index (χ1v) is 10.9. The van der Waals surface area contributed by atoms with E-state index < -0.39 is 16.1 Å². The van der Waals surface area contributed by atoms with Gasteiger partial charge in [-0.3, -0.25) is 9.10 Å². The maximum absolute atomic E-state index is 12.8. The summed E-state index contributed by atoms with van der Waals surface area (Å²) in [5, 5.41) is 3.40. The van der Waals surface area contributed by atoms with Gasteiger partial charge >= 0.3 is 0 Å². The topological polar surface area (TPSA) is 66.5 Å². The zero-order valence-electron chi connectivity index (χ0n) is 16.2. The molecular formula is C20H25ClN2O3S. The van der Waals surface area contributed by atoms with Crippen LogP contribution in [-0.4, -0.2) is 26.6 Å². The zero-order valence-corrected chi connectivity index (χ0v) is 17.7. The molecule has 0 aromatic heterocycles. The van der Waals surface area contributed by atoms with E-state index in [4.69, 9.17) is 11.6 Å². The molecule has 0 aliphatic heterocycles. The molecule has 7 heteroatoms. The number of anilines is 1.